The number of anilines is 2. The third kappa shape index (κ3) is 3.00. The van der Waals surface area contributed by atoms with E-state index < -0.39 is 11.2 Å². The smallest absolute Gasteiger partial charge is 0.349 e. The summed E-state index contributed by atoms with van der Waals surface area (Å²) in [5.74, 6) is 0.607. The Balaban J connectivity index is 1.33. The Hall–Kier alpha value is -3.09. The van der Waals surface area contributed by atoms with E-state index in [0.29, 0.717) is 43.2 Å². The number of hydrogen-bond acceptors (Lipinski definition) is 5. The van der Waals surface area contributed by atoms with Gasteiger partial charge in [-0.2, -0.15) is 0 Å². The van der Waals surface area contributed by atoms with E-state index in [2.05, 4.69) is 10.6 Å². The van der Waals surface area contributed by atoms with Gasteiger partial charge in [0.1, 0.15) is 16.9 Å². The van der Waals surface area contributed by atoms with Gasteiger partial charge in [-0.05, 0) is 56.4 Å². The first kappa shape index (κ1) is 18.9. The summed E-state index contributed by atoms with van der Waals surface area (Å²) in [5, 5.41) is 6.36. The van der Waals surface area contributed by atoms with E-state index in [1.807, 2.05) is 30.3 Å². The van der Waals surface area contributed by atoms with Crippen LogP contribution in [0.3, 0.4) is 0 Å². The van der Waals surface area contributed by atoms with Crippen LogP contribution in [0.15, 0.2) is 39.5 Å². The molecule has 2 aliphatic heterocycles. The number of para-hydroxylation sites is 2. The molecule has 1 aromatic heterocycles. The van der Waals surface area contributed by atoms with E-state index in [9.17, 15) is 14.4 Å². The molecule has 0 atom stereocenters. The molecule has 2 fully saturated rings. The minimum Gasteiger partial charge on any atom is -0.427 e. The van der Waals surface area contributed by atoms with Gasteiger partial charge in [0.25, 0.3) is 5.91 Å². The topological polar surface area (TPSA) is 91.7 Å². The highest BCUT2D eigenvalue weighted by Gasteiger charge is 2.45. The average Bonchev–Trinajstić information content (AvgIpc) is 2.67. The minimum absolute atomic E-state index is 0.0751. The van der Waals surface area contributed by atoms with E-state index in [0.717, 1.165) is 30.6 Å². The monoisotopic (exact) mass is 407 g/mol. The molecule has 0 radical (unpaired) electrons. The number of likely N-dealkylation sites (tertiary alicyclic amines) is 1. The van der Waals surface area contributed by atoms with E-state index in [-0.39, 0.29) is 17.4 Å². The number of hydrogen-bond donors (Lipinski definition) is 2. The lowest BCUT2D eigenvalue weighted by Gasteiger charge is -2.44. The van der Waals surface area contributed by atoms with Crippen LogP contribution < -0.4 is 16.3 Å². The number of piperidine rings is 1. The Morgan fingerprint density at radius 1 is 1.13 bits per heavy atom. The first-order valence-electron chi connectivity index (χ1n) is 10.6. The normalized spacial score (nSPS) is 20.2. The van der Waals surface area contributed by atoms with Gasteiger partial charge in [-0.3, -0.25) is 9.59 Å². The van der Waals surface area contributed by atoms with Crippen LogP contribution in [0.2, 0.25) is 0 Å². The van der Waals surface area contributed by atoms with E-state index in [1.165, 1.54) is 0 Å². The second kappa shape index (κ2) is 7.00. The second-order valence-electron chi connectivity index (χ2n) is 8.62. The molecule has 5 rings (SSSR count). The van der Waals surface area contributed by atoms with Crippen molar-refractivity contribution in [2.45, 2.75) is 50.5 Å². The molecule has 2 aromatic rings. The number of fused-ring (bicyclic) bond motifs is 1. The van der Waals surface area contributed by atoms with Crippen molar-refractivity contribution in [3.63, 3.8) is 0 Å². The predicted molar refractivity (Wildman–Crippen MR) is 113 cm³/mol. The molecular formula is C23H25N3O4. The zero-order valence-corrected chi connectivity index (χ0v) is 17.0. The van der Waals surface area contributed by atoms with E-state index in [1.54, 1.807) is 11.8 Å². The lowest BCUT2D eigenvalue weighted by atomic mass is 9.83. The number of nitrogens with one attached hydrogen (secondary N) is 2. The maximum absolute atomic E-state index is 13.1. The number of nitrogens with zero attached hydrogens (tertiary/aromatic N) is 1. The van der Waals surface area contributed by atoms with Crippen LogP contribution >= 0.6 is 0 Å². The molecule has 3 heterocycles. The fraction of sp³-hybridized carbons (Fsp3) is 0.435. The summed E-state index contributed by atoms with van der Waals surface area (Å²) in [7, 11) is 0. The van der Waals surface area contributed by atoms with Gasteiger partial charge in [0.2, 0.25) is 5.91 Å². The van der Waals surface area contributed by atoms with Crippen molar-refractivity contribution in [3.8, 4) is 0 Å². The summed E-state index contributed by atoms with van der Waals surface area (Å²) >= 11 is 0. The van der Waals surface area contributed by atoms with Crippen molar-refractivity contribution in [2.24, 2.45) is 0 Å². The van der Waals surface area contributed by atoms with Crippen LogP contribution in [0.1, 0.15) is 59.7 Å². The Morgan fingerprint density at radius 2 is 1.83 bits per heavy atom. The molecule has 1 spiro atoms. The highest BCUT2D eigenvalue weighted by Crippen LogP contribution is 2.37. The summed E-state index contributed by atoms with van der Waals surface area (Å²) in [6, 6.07) is 9.44. The molecule has 1 aliphatic carbocycles. The van der Waals surface area contributed by atoms with Gasteiger partial charge in [0.05, 0.1) is 11.4 Å². The van der Waals surface area contributed by atoms with Crippen molar-refractivity contribution in [3.05, 3.63) is 57.6 Å². The van der Waals surface area contributed by atoms with Crippen LogP contribution in [-0.2, 0) is 4.79 Å². The van der Waals surface area contributed by atoms with Gasteiger partial charge in [-0.25, -0.2) is 4.79 Å². The maximum atomic E-state index is 13.1. The third-order valence-electron chi connectivity index (χ3n) is 6.78. The Morgan fingerprint density at radius 3 is 2.47 bits per heavy atom. The van der Waals surface area contributed by atoms with Crippen molar-refractivity contribution >= 4 is 23.2 Å². The van der Waals surface area contributed by atoms with Crippen LogP contribution in [-0.4, -0.2) is 35.3 Å². The molecule has 1 saturated carbocycles. The number of aryl methyl sites for hydroxylation is 1. The van der Waals surface area contributed by atoms with Crippen LogP contribution in [0.4, 0.5) is 11.4 Å². The molecule has 156 valence electrons. The quantitative estimate of drug-likeness (QED) is 0.797. The third-order valence-corrected chi connectivity index (χ3v) is 6.78. The zero-order valence-electron chi connectivity index (χ0n) is 17.0. The van der Waals surface area contributed by atoms with Crippen LogP contribution in [0, 0.1) is 6.92 Å². The molecule has 0 unspecified atom stereocenters. The van der Waals surface area contributed by atoms with Crippen LogP contribution in [0.5, 0.6) is 0 Å². The molecule has 7 nitrogen and oxygen atoms in total. The fourth-order valence-corrected chi connectivity index (χ4v) is 4.64. The Kier molecular flexibility index (Phi) is 4.41. The summed E-state index contributed by atoms with van der Waals surface area (Å²) in [4.78, 5) is 40.1. The largest absolute Gasteiger partial charge is 0.427 e. The highest BCUT2D eigenvalue weighted by molar-refractivity contribution is 6.06. The van der Waals surface area contributed by atoms with Gasteiger partial charge < -0.3 is 20.0 Å². The first-order chi connectivity index (χ1) is 14.5. The second-order valence-corrected chi connectivity index (χ2v) is 8.62. The number of amides is 2. The predicted octanol–water partition coefficient (Wildman–Crippen LogP) is 3.25. The number of rotatable bonds is 2. The van der Waals surface area contributed by atoms with Gasteiger partial charge in [-0.1, -0.05) is 18.6 Å². The van der Waals surface area contributed by atoms with Gasteiger partial charge in [0.15, 0.2) is 0 Å². The fourth-order valence-electron chi connectivity index (χ4n) is 4.64. The standard InChI is InChI=1S/C23H25N3O4/c1-14-13-18(15-5-4-6-15)30-21(28)19(14)20(27)26-11-9-23(10-12-26)22(29)24-16-7-2-3-8-17(16)25-23/h2-3,7-8,13,15,25H,4-6,9-12H2,1H3,(H,24,29). The van der Waals surface area contributed by atoms with Gasteiger partial charge in [-0.15, -0.1) is 0 Å². The van der Waals surface area contributed by atoms with Gasteiger partial charge >= 0.3 is 5.63 Å². The lowest BCUT2D eigenvalue weighted by molar-refractivity contribution is -0.122. The number of carbonyl (C=O) groups is 2. The molecule has 3 aliphatic rings. The first-order valence-corrected chi connectivity index (χ1v) is 10.6. The summed E-state index contributed by atoms with van der Waals surface area (Å²) in [6.45, 7) is 2.58. The highest BCUT2D eigenvalue weighted by atomic mass is 16.4. The lowest BCUT2D eigenvalue weighted by Crippen LogP contribution is -2.59. The van der Waals surface area contributed by atoms with E-state index >= 15 is 0 Å². The van der Waals surface area contributed by atoms with Crippen LogP contribution in [0.25, 0.3) is 0 Å². The van der Waals surface area contributed by atoms with E-state index in [4.69, 9.17) is 4.42 Å². The molecule has 0 bridgehead atoms. The summed E-state index contributed by atoms with van der Waals surface area (Å²) < 4.78 is 5.49. The SMILES string of the molecule is Cc1cc(C2CCC2)oc(=O)c1C(=O)N1CCC2(CC1)Nc1ccccc1NC2=O. The number of carbonyl (C=O) groups excluding carboxylic acids is 2. The minimum atomic E-state index is -0.737. The molecule has 30 heavy (non-hydrogen) atoms. The van der Waals surface area contributed by atoms with Crippen molar-refractivity contribution in [1.82, 2.24) is 4.90 Å². The molecule has 2 amide bonds. The van der Waals surface area contributed by atoms with Crippen molar-refractivity contribution in [2.75, 3.05) is 23.7 Å². The summed E-state index contributed by atoms with van der Waals surface area (Å²) in [6.07, 6.45) is 4.16. The molecular weight excluding hydrogens is 382 g/mol. The van der Waals surface area contributed by atoms with Gasteiger partial charge in [0, 0.05) is 19.0 Å². The Labute approximate surface area is 174 Å². The molecule has 7 heteroatoms. The average molecular weight is 407 g/mol. The Bertz CT molecular complexity index is 1080. The molecule has 2 N–H and O–H groups in total. The number of benzene rings is 1. The van der Waals surface area contributed by atoms with Crippen molar-refractivity contribution in [1.29, 1.82) is 0 Å². The molecule has 1 aromatic carbocycles. The molecule has 1 saturated heterocycles. The van der Waals surface area contributed by atoms with Crippen molar-refractivity contribution < 1.29 is 14.0 Å². The summed E-state index contributed by atoms with van der Waals surface area (Å²) in [5.41, 5.74) is 1.15. The maximum Gasteiger partial charge on any atom is 0.349 e. The zero-order chi connectivity index (χ0) is 20.9.